The van der Waals surface area contributed by atoms with E-state index in [-0.39, 0.29) is 18.4 Å². The van der Waals surface area contributed by atoms with E-state index < -0.39 is 18.5 Å². The number of hydrogen-bond donors (Lipinski definition) is 3. The van der Waals surface area contributed by atoms with Crippen molar-refractivity contribution in [2.45, 2.75) is 96.2 Å². The van der Waals surface area contributed by atoms with Gasteiger partial charge in [-0.2, -0.15) is 0 Å². The van der Waals surface area contributed by atoms with E-state index in [1.807, 2.05) is 6.08 Å². The van der Waals surface area contributed by atoms with E-state index in [9.17, 15) is 15.3 Å². The van der Waals surface area contributed by atoms with Crippen molar-refractivity contribution in [1.29, 1.82) is 0 Å². The number of aliphatic hydroxyl groups is 3. The van der Waals surface area contributed by atoms with Crippen molar-refractivity contribution >= 4 is 0 Å². The van der Waals surface area contributed by atoms with Crippen LogP contribution in [0.5, 0.6) is 0 Å². The van der Waals surface area contributed by atoms with Gasteiger partial charge in [-0.15, -0.1) is 0 Å². The Hall–Kier alpha value is -0.680. The van der Waals surface area contributed by atoms with Crippen LogP contribution in [0.25, 0.3) is 0 Å². The molecule has 1 aliphatic heterocycles. The maximum Gasteiger partial charge on any atom is 0.157 e. The van der Waals surface area contributed by atoms with Crippen molar-refractivity contribution in [2.75, 3.05) is 0 Å². The molecule has 3 unspecified atom stereocenters. The molecule has 5 atom stereocenters. The second kappa shape index (κ2) is 12.6. The number of rotatable bonds is 11. The molecule has 0 bridgehead atoms. The van der Waals surface area contributed by atoms with Gasteiger partial charge in [0.05, 0.1) is 18.3 Å². The molecule has 4 heteroatoms. The van der Waals surface area contributed by atoms with Gasteiger partial charge in [-0.3, -0.25) is 0 Å². The fourth-order valence-electron chi connectivity index (χ4n) is 3.05. The first kappa shape index (κ1) is 21.4. The van der Waals surface area contributed by atoms with Crippen LogP contribution in [-0.2, 0) is 4.74 Å². The minimum Gasteiger partial charge on any atom is -0.393 e. The summed E-state index contributed by atoms with van der Waals surface area (Å²) in [5.74, 6) is -0.0784. The van der Waals surface area contributed by atoms with Crippen LogP contribution in [-0.4, -0.2) is 39.9 Å². The van der Waals surface area contributed by atoms with Crippen LogP contribution in [0.1, 0.15) is 71.6 Å². The van der Waals surface area contributed by atoms with Crippen molar-refractivity contribution < 1.29 is 20.1 Å². The van der Waals surface area contributed by atoms with Crippen LogP contribution in [0.15, 0.2) is 24.3 Å². The summed E-state index contributed by atoms with van der Waals surface area (Å²) in [7, 11) is 0. The lowest BCUT2D eigenvalue weighted by molar-refractivity contribution is -0.199. The number of unbranched alkanes of at least 4 members (excludes halogenated alkanes) is 4. The first-order valence-electron chi connectivity index (χ1n) is 9.61. The van der Waals surface area contributed by atoms with E-state index in [0.29, 0.717) is 0 Å². The second-order valence-corrected chi connectivity index (χ2v) is 6.82. The van der Waals surface area contributed by atoms with Crippen LogP contribution in [0.2, 0.25) is 0 Å². The molecule has 0 aromatic heterocycles. The minimum absolute atomic E-state index is 0.0784. The van der Waals surface area contributed by atoms with Crippen molar-refractivity contribution in [3.8, 4) is 0 Å². The van der Waals surface area contributed by atoms with Gasteiger partial charge in [0.1, 0.15) is 0 Å². The van der Waals surface area contributed by atoms with Crippen LogP contribution in [0, 0.1) is 5.92 Å². The molecular weight excluding hydrogens is 304 g/mol. The molecule has 4 nitrogen and oxygen atoms in total. The highest BCUT2D eigenvalue weighted by Gasteiger charge is 2.35. The highest BCUT2D eigenvalue weighted by molar-refractivity contribution is 5.02. The average molecular weight is 341 g/mol. The van der Waals surface area contributed by atoms with Crippen LogP contribution >= 0.6 is 0 Å². The summed E-state index contributed by atoms with van der Waals surface area (Å²) in [6, 6.07) is 0. The van der Waals surface area contributed by atoms with Crippen molar-refractivity contribution in [3.63, 3.8) is 0 Å². The fraction of sp³-hybridized carbons (Fsp3) is 0.800. The summed E-state index contributed by atoms with van der Waals surface area (Å²) < 4.78 is 5.59. The topological polar surface area (TPSA) is 69.9 Å². The highest BCUT2D eigenvalue weighted by atomic mass is 16.6. The molecule has 0 aliphatic carbocycles. The molecule has 3 N–H and O–H groups in total. The Morgan fingerprint density at radius 1 is 1.08 bits per heavy atom. The Balaban J connectivity index is 2.55. The zero-order chi connectivity index (χ0) is 17.8. The third kappa shape index (κ3) is 8.43. The summed E-state index contributed by atoms with van der Waals surface area (Å²) in [5.41, 5.74) is 0. The summed E-state index contributed by atoms with van der Waals surface area (Å²) >= 11 is 0. The van der Waals surface area contributed by atoms with E-state index in [1.165, 1.54) is 12.8 Å². The maximum atomic E-state index is 10.3. The third-order valence-electron chi connectivity index (χ3n) is 4.60. The predicted octanol–water partition coefficient (Wildman–Crippen LogP) is 3.70. The van der Waals surface area contributed by atoms with Gasteiger partial charge in [0, 0.05) is 12.3 Å². The molecule has 1 rings (SSSR count). The molecule has 0 spiro atoms. The highest BCUT2D eigenvalue weighted by Crippen LogP contribution is 2.29. The van der Waals surface area contributed by atoms with E-state index in [0.717, 1.165) is 38.5 Å². The molecule has 0 aromatic rings. The fourth-order valence-corrected chi connectivity index (χ4v) is 3.05. The smallest absolute Gasteiger partial charge is 0.157 e. The molecule has 24 heavy (non-hydrogen) atoms. The van der Waals surface area contributed by atoms with Gasteiger partial charge < -0.3 is 20.1 Å². The van der Waals surface area contributed by atoms with Gasteiger partial charge in [0.25, 0.3) is 0 Å². The van der Waals surface area contributed by atoms with Gasteiger partial charge in [-0.1, -0.05) is 70.3 Å². The summed E-state index contributed by atoms with van der Waals surface area (Å²) in [6.45, 7) is 4.31. The molecule has 1 heterocycles. The Labute approximate surface area is 147 Å². The minimum atomic E-state index is -0.938. The van der Waals surface area contributed by atoms with E-state index >= 15 is 0 Å². The predicted molar refractivity (Wildman–Crippen MR) is 97.6 cm³/mol. The van der Waals surface area contributed by atoms with Crippen molar-refractivity contribution in [3.05, 3.63) is 24.3 Å². The Bertz CT molecular complexity index is 367. The molecule has 0 aromatic carbocycles. The van der Waals surface area contributed by atoms with Gasteiger partial charge in [0.15, 0.2) is 6.29 Å². The van der Waals surface area contributed by atoms with Crippen molar-refractivity contribution in [2.24, 2.45) is 5.92 Å². The van der Waals surface area contributed by atoms with Crippen molar-refractivity contribution in [1.82, 2.24) is 0 Å². The lowest BCUT2D eigenvalue weighted by Crippen LogP contribution is -2.43. The van der Waals surface area contributed by atoms with E-state index in [2.05, 4.69) is 26.0 Å². The molecule has 1 aliphatic rings. The number of ether oxygens (including phenoxy) is 1. The largest absolute Gasteiger partial charge is 0.393 e. The summed E-state index contributed by atoms with van der Waals surface area (Å²) in [5, 5.41) is 30.0. The number of hydrogen-bond acceptors (Lipinski definition) is 4. The Morgan fingerprint density at radius 3 is 2.54 bits per heavy atom. The first-order valence-corrected chi connectivity index (χ1v) is 9.61. The molecule has 1 saturated heterocycles. The molecule has 0 radical (unpaired) electrons. The second-order valence-electron chi connectivity index (χ2n) is 6.82. The maximum absolute atomic E-state index is 10.3. The van der Waals surface area contributed by atoms with Crippen LogP contribution in [0.4, 0.5) is 0 Å². The van der Waals surface area contributed by atoms with Crippen LogP contribution < -0.4 is 0 Å². The third-order valence-corrected chi connectivity index (χ3v) is 4.60. The summed E-state index contributed by atoms with van der Waals surface area (Å²) in [6.07, 6.45) is 13.8. The molecular formula is C20H36O4. The van der Waals surface area contributed by atoms with Gasteiger partial charge in [0.2, 0.25) is 0 Å². The quantitative estimate of drug-likeness (QED) is 0.396. The monoisotopic (exact) mass is 340 g/mol. The normalized spacial score (nSPS) is 29.5. The van der Waals surface area contributed by atoms with E-state index in [1.54, 1.807) is 6.08 Å². The molecule has 140 valence electrons. The zero-order valence-electron chi connectivity index (χ0n) is 15.3. The van der Waals surface area contributed by atoms with Gasteiger partial charge in [-0.25, -0.2) is 0 Å². The molecule has 0 amide bonds. The molecule has 0 saturated carbocycles. The lowest BCUT2D eigenvalue weighted by atomic mass is 9.87. The Kier molecular flexibility index (Phi) is 11.3. The zero-order valence-corrected chi connectivity index (χ0v) is 15.3. The van der Waals surface area contributed by atoms with Crippen LogP contribution in [0.3, 0.4) is 0 Å². The SMILES string of the molecule is CCCCC=CC[C@H]1C(O)CC(O)O[C@@H]1C=CC(O)CCCCC. The van der Waals surface area contributed by atoms with Gasteiger partial charge in [-0.05, 0) is 19.3 Å². The van der Waals surface area contributed by atoms with E-state index in [4.69, 9.17) is 4.74 Å². The lowest BCUT2D eigenvalue weighted by Gasteiger charge is -2.36. The van der Waals surface area contributed by atoms with Gasteiger partial charge >= 0.3 is 0 Å². The standard InChI is InChI=1S/C20H36O4/c1-3-5-7-8-10-12-17-18(22)15-20(23)24-19(17)14-13-16(21)11-9-6-4-2/h8,10,13-14,16-23H,3-7,9,11-12,15H2,1-2H3/t16?,17-,18?,19+,20?/m0/s1. The Morgan fingerprint density at radius 2 is 1.83 bits per heavy atom. The first-order chi connectivity index (χ1) is 11.6. The number of aliphatic hydroxyl groups excluding tert-OH is 3. The number of allylic oxidation sites excluding steroid dienone is 2. The average Bonchev–Trinajstić information content (AvgIpc) is 2.54. The molecule has 1 fully saturated rings. The summed E-state index contributed by atoms with van der Waals surface area (Å²) in [4.78, 5) is 0.